The highest BCUT2D eigenvalue weighted by atomic mass is 31.2. The minimum Gasteiger partial charge on any atom is -0.456 e. The van der Waals surface area contributed by atoms with Crippen LogP contribution in [-0.2, 0) is 55.4 Å². The zero-order valence-corrected chi connectivity index (χ0v) is 23.1. The molecule has 1 aliphatic carbocycles. The maximum atomic E-state index is 12.3. The Bertz CT molecular complexity index is 951. The van der Waals surface area contributed by atoms with Crippen molar-refractivity contribution in [1.29, 1.82) is 0 Å². The van der Waals surface area contributed by atoms with Crippen molar-refractivity contribution in [2.75, 3.05) is 0 Å². The van der Waals surface area contributed by atoms with Gasteiger partial charge >= 0.3 is 43.2 Å². The molecule has 0 aromatic rings. The Balaban J connectivity index is 3.97. The number of rotatable bonds is 14. The van der Waals surface area contributed by atoms with Gasteiger partial charge in [-0.3, -0.25) is 27.7 Å². The molecular formula is C14H28O20P4. The van der Waals surface area contributed by atoms with Crippen LogP contribution in [0.5, 0.6) is 0 Å². The molecule has 20 nitrogen and oxygen atoms in total. The van der Waals surface area contributed by atoms with E-state index >= 15 is 0 Å². The standard InChI is InChI=1S/C14H28O20P4/c1-3-5-7(15)29-9-11(31-35(17,18)19)10(30-8(16)6-4-2)13(33-37(23,24)25)14(34-38(26,27)28)12(9)32-36(20,21)22/h9-14H,3-6H2,1-2H3,(H2,17,18,19)(H2,20,21,22)(H2,23,24,25)(H2,26,27,28)/t9-,10-,11-,12+,13-,14-/m1/s1. The van der Waals surface area contributed by atoms with E-state index in [1.165, 1.54) is 13.8 Å². The van der Waals surface area contributed by atoms with Gasteiger partial charge in [-0.15, -0.1) is 0 Å². The van der Waals surface area contributed by atoms with E-state index in [4.69, 9.17) is 9.47 Å². The summed E-state index contributed by atoms with van der Waals surface area (Å²) in [6.07, 6.45) is -16.3. The van der Waals surface area contributed by atoms with Gasteiger partial charge in [0, 0.05) is 12.8 Å². The molecule has 0 bridgehead atoms. The van der Waals surface area contributed by atoms with E-state index < -0.39 is 92.7 Å². The van der Waals surface area contributed by atoms with Crippen LogP contribution in [0.1, 0.15) is 39.5 Å². The van der Waals surface area contributed by atoms with Gasteiger partial charge in [0.25, 0.3) is 0 Å². The molecule has 0 spiro atoms. The molecule has 1 fully saturated rings. The van der Waals surface area contributed by atoms with Gasteiger partial charge in [-0.05, 0) is 12.8 Å². The van der Waals surface area contributed by atoms with Gasteiger partial charge in [-0.25, -0.2) is 18.3 Å². The number of esters is 2. The fourth-order valence-corrected chi connectivity index (χ4v) is 5.56. The molecule has 0 aromatic carbocycles. The second-order valence-electron chi connectivity index (χ2n) is 7.65. The fourth-order valence-electron chi connectivity index (χ4n) is 3.33. The Morgan fingerprint density at radius 3 is 0.921 bits per heavy atom. The zero-order valence-electron chi connectivity index (χ0n) is 19.6. The van der Waals surface area contributed by atoms with E-state index in [9.17, 15) is 67.0 Å². The minimum absolute atomic E-state index is 0.0981. The molecule has 0 amide bonds. The number of carbonyl (C=O) groups excluding carboxylic acids is 2. The van der Waals surface area contributed by atoms with Crippen LogP contribution in [0.4, 0.5) is 0 Å². The first-order valence-corrected chi connectivity index (χ1v) is 16.5. The number of phosphoric ester groups is 4. The monoisotopic (exact) mass is 640 g/mol. The highest BCUT2D eigenvalue weighted by Gasteiger charge is 2.62. The number of ether oxygens (including phenoxy) is 2. The molecular weight excluding hydrogens is 612 g/mol. The molecule has 0 aromatic heterocycles. The van der Waals surface area contributed by atoms with Crippen molar-refractivity contribution < 1.29 is 94.6 Å². The van der Waals surface area contributed by atoms with Crippen molar-refractivity contribution in [3.63, 3.8) is 0 Å². The van der Waals surface area contributed by atoms with Gasteiger partial charge in [-0.2, -0.15) is 0 Å². The summed E-state index contributed by atoms with van der Waals surface area (Å²) >= 11 is 0. The Morgan fingerprint density at radius 2 is 0.711 bits per heavy atom. The molecule has 0 unspecified atom stereocenters. The van der Waals surface area contributed by atoms with Crippen LogP contribution in [0.25, 0.3) is 0 Å². The second kappa shape index (κ2) is 13.8. The van der Waals surface area contributed by atoms with Gasteiger partial charge in [0.05, 0.1) is 0 Å². The predicted molar refractivity (Wildman–Crippen MR) is 117 cm³/mol. The third-order valence-corrected chi connectivity index (χ3v) is 6.49. The molecule has 1 aliphatic rings. The summed E-state index contributed by atoms with van der Waals surface area (Å²) in [6, 6.07) is 0. The topological polar surface area (TPSA) is 320 Å². The van der Waals surface area contributed by atoms with Crippen molar-refractivity contribution in [2.45, 2.75) is 76.2 Å². The van der Waals surface area contributed by atoms with E-state index in [2.05, 4.69) is 18.1 Å². The summed E-state index contributed by atoms with van der Waals surface area (Å²) in [6.45, 7) is 2.96. The number of hydrogen-bond donors (Lipinski definition) is 8. The highest BCUT2D eigenvalue weighted by Crippen LogP contribution is 2.53. The van der Waals surface area contributed by atoms with Crippen molar-refractivity contribution >= 4 is 43.2 Å². The SMILES string of the molecule is CCCC(=O)O[C@@H]1[C@H](OP(=O)(O)O)[C@@H](OC(=O)CCC)[C@H](OP(=O)(O)O)[C@@H](OP(=O)(O)O)[C@@H]1OP(=O)(O)O. The second-order valence-corrected chi connectivity index (χ2v) is 12.4. The van der Waals surface area contributed by atoms with Crippen LogP contribution in [0.15, 0.2) is 0 Å². The molecule has 0 aliphatic heterocycles. The average molecular weight is 640 g/mol. The zero-order chi connectivity index (χ0) is 29.7. The van der Waals surface area contributed by atoms with E-state index in [-0.39, 0.29) is 12.8 Å². The van der Waals surface area contributed by atoms with Gasteiger partial charge in [0.15, 0.2) is 12.2 Å². The third kappa shape index (κ3) is 12.7. The third-order valence-electron chi connectivity index (χ3n) is 4.42. The molecule has 38 heavy (non-hydrogen) atoms. The Kier molecular flexibility index (Phi) is 12.9. The Labute approximate surface area is 214 Å². The van der Waals surface area contributed by atoms with Crippen LogP contribution >= 0.6 is 31.3 Å². The molecule has 1 rings (SSSR count). The number of carbonyl (C=O) groups is 2. The van der Waals surface area contributed by atoms with E-state index in [1.54, 1.807) is 0 Å². The molecule has 0 heterocycles. The lowest BCUT2D eigenvalue weighted by Gasteiger charge is -2.47. The molecule has 0 radical (unpaired) electrons. The van der Waals surface area contributed by atoms with Gasteiger partial charge in [0.1, 0.15) is 24.4 Å². The summed E-state index contributed by atoms with van der Waals surface area (Å²) in [4.78, 5) is 99.7. The Morgan fingerprint density at radius 1 is 0.500 bits per heavy atom. The van der Waals surface area contributed by atoms with Crippen LogP contribution in [0.2, 0.25) is 0 Å². The van der Waals surface area contributed by atoms with Crippen LogP contribution in [-0.4, -0.2) is 87.7 Å². The molecule has 224 valence electrons. The van der Waals surface area contributed by atoms with E-state index in [1.807, 2.05) is 0 Å². The first kappa shape index (κ1) is 35.4. The van der Waals surface area contributed by atoms with Gasteiger partial charge in [-0.1, -0.05) is 13.8 Å². The largest absolute Gasteiger partial charge is 0.470 e. The average Bonchev–Trinajstić information content (AvgIpc) is 2.66. The maximum absolute atomic E-state index is 12.3. The molecule has 8 N–H and O–H groups in total. The predicted octanol–water partition coefficient (Wildman–Crippen LogP) is -0.665. The molecule has 6 atom stereocenters. The number of hydrogen-bond acceptors (Lipinski definition) is 12. The summed E-state index contributed by atoms with van der Waals surface area (Å²) in [5, 5.41) is 0. The number of phosphoric acid groups is 4. The van der Waals surface area contributed by atoms with Crippen molar-refractivity contribution in [2.24, 2.45) is 0 Å². The normalized spacial score (nSPS) is 27.1. The van der Waals surface area contributed by atoms with Crippen molar-refractivity contribution in [1.82, 2.24) is 0 Å². The van der Waals surface area contributed by atoms with E-state index in [0.29, 0.717) is 0 Å². The summed E-state index contributed by atoms with van der Waals surface area (Å²) in [7, 11) is -23.1. The lowest BCUT2D eigenvalue weighted by atomic mass is 9.84. The van der Waals surface area contributed by atoms with Crippen LogP contribution in [0.3, 0.4) is 0 Å². The molecule has 1 saturated carbocycles. The summed E-state index contributed by atoms with van der Waals surface area (Å²) in [5.41, 5.74) is 0. The smallest absolute Gasteiger partial charge is 0.456 e. The van der Waals surface area contributed by atoms with Crippen molar-refractivity contribution in [3.8, 4) is 0 Å². The van der Waals surface area contributed by atoms with Crippen LogP contribution < -0.4 is 0 Å². The van der Waals surface area contributed by atoms with Crippen LogP contribution in [0, 0.1) is 0 Å². The van der Waals surface area contributed by atoms with Gasteiger partial charge in [0.2, 0.25) is 0 Å². The summed E-state index contributed by atoms with van der Waals surface area (Å²) < 4.78 is 74.7. The van der Waals surface area contributed by atoms with E-state index in [0.717, 1.165) is 0 Å². The summed E-state index contributed by atoms with van der Waals surface area (Å²) in [5.74, 6) is -2.45. The Hall–Kier alpha value is -0.620. The van der Waals surface area contributed by atoms with Gasteiger partial charge < -0.3 is 48.6 Å². The lowest BCUT2D eigenvalue weighted by Crippen LogP contribution is -2.67. The maximum Gasteiger partial charge on any atom is 0.470 e. The lowest BCUT2D eigenvalue weighted by molar-refractivity contribution is -0.230. The first-order chi connectivity index (χ1) is 17.1. The minimum atomic E-state index is -5.79. The van der Waals surface area contributed by atoms with Crippen molar-refractivity contribution in [3.05, 3.63) is 0 Å². The molecule has 24 heteroatoms. The first-order valence-electron chi connectivity index (χ1n) is 10.4. The quantitative estimate of drug-likeness (QED) is 0.0862. The highest BCUT2D eigenvalue weighted by molar-refractivity contribution is 7.47. The fraction of sp³-hybridized carbons (Fsp3) is 0.857. The molecule has 0 saturated heterocycles.